The molecule has 0 aliphatic rings. The molecule has 0 spiro atoms. The Morgan fingerprint density at radius 3 is 2.71 bits per heavy atom. The first-order valence-electron chi connectivity index (χ1n) is 8.59. The first-order valence-corrected chi connectivity index (χ1v) is 8.59. The minimum atomic E-state index is -1.18. The van der Waals surface area contributed by atoms with Crippen molar-refractivity contribution in [3.8, 4) is 5.75 Å². The summed E-state index contributed by atoms with van der Waals surface area (Å²) in [7, 11) is 0. The number of rotatable bonds is 7. The van der Waals surface area contributed by atoms with Crippen LogP contribution in [-0.4, -0.2) is 34.0 Å². The number of nitrogens with two attached hydrogens (primary N) is 1. The number of aliphatic hydroxyl groups excluding tert-OH is 1. The zero-order chi connectivity index (χ0) is 20.3. The van der Waals surface area contributed by atoms with Gasteiger partial charge < -0.3 is 25.3 Å². The van der Waals surface area contributed by atoms with E-state index < -0.39 is 24.5 Å². The summed E-state index contributed by atoms with van der Waals surface area (Å²) in [4.78, 5) is 23.9. The first kappa shape index (κ1) is 19.4. The summed E-state index contributed by atoms with van der Waals surface area (Å²) < 4.78 is 21.0. The smallest absolute Gasteiger partial charge is 0.269 e. The molecule has 3 rings (SSSR count). The second kappa shape index (κ2) is 8.10. The van der Waals surface area contributed by atoms with Crippen molar-refractivity contribution in [3.63, 3.8) is 0 Å². The molecule has 3 aromatic rings. The largest absolute Gasteiger partial charge is 0.487 e. The summed E-state index contributed by atoms with van der Waals surface area (Å²) in [6.07, 6.45) is 1.61. The zero-order valence-electron chi connectivity index (χ0n) is 15.2. The molecule has 0 saturated heterocycles. The maximum absolute atomic E-state index is 13.7. The number of carbonyl (C=O) groups excluding carboxylic acids is 2. The van der Waals surface area contributed by atoms with Crippen molar-refractivity contribution in [2.24, 2.45) is 5.73 Å². The molecule has 1 aromatic carbocycles. The fourth-order valence-corrected chi connectivity index (χ4v) is 2.87. The van der Waals surface area contributed by atoms with E-state index in [0.717, 1.165) is 5.52 Å². The number of hydrogen-bond donors (Lipinski definition) is 3. The first-order chi connectivity index (χ1) is 13.4. The molecular weight excluding hydrogens is 365 g/mol. The van der Waals surface area contributed by atoms with Crippen LogP contribution in [0.25, 0.3) is 5.52 Å². The van der Waals surface area contributed by atoms with Crippen LogP contribution in [0.5, 0.6) is 5.75 Å². The second-order valence-electron chi connectivity index (χ2n) is 6.33. The minimum absolute atomic E-state index is 0.0359. The van der Waals surface area contributed by atoms with Crippen LogP contribution in [0.2, 0.25) is 0 Å². The molecule has 4 N–H and O–H groups in total. The van der Waals surface area contributed by atoms with Crippen molar-refractivity contribution in [1.82, 2.24) is 9.72 Å². The summed E-state index contributed by atoms with van der Waals surface area (Å²) in [5.74, 6) is -1.30. The van der Waals surface area contributed by atoms with Gasteiger partial charge in [-0.25, -0.2) is 4.39 Å². The van der Waals surface area contributed by atoms with E-state index in [2.05, 4.69) is 5.32 Å². The van der Waals surface area contributed by atoms with Gasteiger partial charge in [0.15, 0.2) is 0 Å². The molecule has 0 radical (unpaired) electrons. The molecule has 2 aromatic heterocycles. The van der Waals surface area contributed by atoms with Crippen molar-refractivity contribution >= 4 is 17.3 Å². The normalized spacial score (nSPS) is 12.0. The van der Waals surface area contributed by atoms with Gasteiger partial charge in [0, 0.05) is 11.1 Å². The number of fused-ring (bicyclic) bond motifs is 1. The van der Waals surface area contributed by atoms with E-state index in [0.29, 0.717) is 16.9 Å². The standard InChI is InChI=1S/C20H20FN3O4/c1-12-8-14-6-7-15(28-11-13-4-2-3-5-16(13)21)9-24(14)18(12)20(27)23-17(10-25)19(22)26/h2-9,17,25H,10-11H2,1H3,(H2,22,26)(H,23,27)/t17-/m1/s1. The third kappa shape index (κ3) is 3.96. The van der Waals surface area contributed by atoms with Crippen molar-refractivity contribution in [2.45, 2.75) is 19.6 Å². The van der Waals surface area contributed by atoms with E-state index in [-0.39, 0.29) is 18.1 Å². The van der Waals surface area contributed by atoms with E-state index in [1.54, 1.807) is 53.9 Å². The van der Waals surface area contributed by atoms with Gasteiger partial charge in [-0.3, -0.25) is 9.59 Å². The molecule has 0 unspecified atom stereocenters. The molecule has 28 heavy (non-hydrogen) atoms. The van der Waals surface area contributed by atoms with E-state index in [9.17, 15) is 19.1 Å². The monoisotopic (exact) mass is 385 g/mol. The number of benzene rings is 1. The molecule has 0 fully saturated rings. The lowest BCUT2D eigenvalue weighted by Gasteiger charge is -2.14. The Hall–Kier alpha value is -3.39. The molecule has 0 bridgehead atoms. The number of primary amides is 1. The highest BCUT2D eigenvalue weighted by Gasteiger charge is 2.21. The van der Waals surface area contributed by atoms with Crippen LogP contribution in [0.1, 0.15) is 21.6 Å². The van der Waals surface area contributed by atoms with Gasteiger partial charge in [0.1, 0.15) is 29.9 Å². The van der Waals surface area contributed by atoms with Crippen LogP contribution in [-0.2, 0) is 11.4 Å². The topological polar surface area (TPSA) is 106 Å². The number of aromatic nitrogens is 1. The number of nitrogens with one attached hydrogen (secondary N) is 1. The van der Waals surface area contributed by atoms with Gasteiger partial charge >= 0.3 is 0 Å². The average molecular weight is 385 g/mol. The predicted molar refractivity (Wildman–Crippen MR) is 100 cm³/mol. The Morgan fingerprint density at radius 1 is 1.29 bits per heavy atom. The van der Waals surface area contributed by atoms with Gasteiger partial charge in [-0.15, -0.1) is 0 Å². The number of hydrogen-bond acceptors (Lipinski definition) is 4. The zero-order valence-corrected chi connectivity index (χ0v) is 15.2. The highest BCUT2D eigenvalue weighted by molar-refractivity contribution is 5.98. The predicted octanol–water partition coefficient (Wildman–Crippen LogP) is 1.54. The molecular formula is C20H20FN3O4. The molecule has 0 aliphatic carbocycles. The lowest BCUT2D eigenvalue weighted by Crippen LogP contribution is -2.47. The average Bonchev–Trinajstić information content (AvgIpc) is 3.00. The number of amides is 2. The van der Waals surface area contributed by atoms with Gasteiger partial charge in [0.2, 0.25) is 5.91 Å². The quantitative estimate of drug-likeness (QED) is 0.574. The van der Waals surface area contributed by atoms with Crippen LogP contribution < -0.4 is 15.8 Å². The molecule has 7 nitrogen and oxygen atoms in total. The summed E-state index contributed by atoms with van der Waals surface area (Å²) in [6, 6.07) is 10.4. The SMILES string of the molecule is Cc1cc2ccc(OCc3ccccc3F)cn2c1C(=O)N[C@H](CO)C(N)=O. The van der Waals surface area contributed by atoms with E-state index in [1.807, 2.05) is 0 Å². The minimum Gasteiger partial charge on any atom is -0.487 e. The summed E-state index contributed by atoms with van der Waals surface area (Å²) >= 11 is 0. The maximum Gasteiger partial charge on any atom is 0.269 e. The Balaban J connectivity index is 1.86. The van der Waals surface area contributed by atoms with Crippen molar-refractivity contribution in [2.75, 3.05) is 6.61 Å². The number of nitrogens with zero attached hydrogens (tertiary/aromatic N) is 1. The van der Waals surface area contributed by atoms with E-state index >= 15 is 0 Å². The van der Waals surface area contributed by atoms with Crippen molar-refractivity contribution < 1.29 is 23.8 Å². The number of halogens is 1. The van der Waals surface area contributed by atoms with E-state index in [4.69, 9.17) is 10.5 Å². The van der Waals surface area contributed by atoms with Crippen LogP contribution in [0.4, 0.5) is 4.39 Å². The maximum atomic E-state index is 13.7. The van der Waals surface area contributed by atoms with Crippen molar-refractivity contribution in [1.29, 1.82) is 0 Å². The molecule has 0 aliphatic heterocycles. The highest BCUT2D eigenvalue weighted by Crippen LogP contribution is 2.21. The number of pyridine rings is 1. The van der Waals surface area contributed by atoms with Gasteiger partial charge in [0.25, 0.3) is 5.91 Å². The molecule has 1 atom stereocenters. The third-order valence-corrected chi connectivity index (χ3v) is 4.33. The molecule has 2 amide bonds. The second-order valence-corrected chi connectivity index (χ2v) is 6.33. The molecule has 146 valence electrons. The van der Waals surface area contributed by atoms with Gasteiger partial charge in [-0.1, -0.05) is 18.2 Å². The Bertz CT molecular complexity index is 1030. The Morgan fingerprint density at radius 2 is 2.04 bits per heavy atom. The van der Waals surface area contributed by atoms with Crippen LogP contribution >= 0.6 is 0 Å². The summed E-state index contributed by atoms with van der Waals surface area (Å²) in [5.41, 5.74) is 7.26. The van der Waals surface area contributed by atoms with Crippen molar-refractivity contribution in [3.05, 3.63) is 71.3 Å². The van der Waals surface area contributed by atoms with Gasteiger partial charge in [-0.05, 0) is 36.8 Å². The van der Waals surface area contributed by atoms with Crippen LogP contribution in [0.15, 0.2) is 48.7 Å². The Labute approximate surface area is 160 Å². The molecule has 0 saturated carbocycles. The van der Waals surface area contributed by atoms with Gasteiger partial charge in [-0.2, -0.15) is 0 Å². The lowest BCUT2D eigenvalue weighted by molar-refractivity contribution is -0.120. The Kier molecular flexibility index (Phi) is 5.60. The fraction of sp³-hybridized carbons (Fsp3) is 0.200. The highest BCUT2D eigenvalue weighted by atomic mass is 19.1. The number of ether oxygens (including phenoxy) is 1. The van der Waals surface area contributed by atoms with Gasteiger partial charge in [0.05, 0.1) is 12.8 Å². The summed E-state index contributed by atoms with van der Waals surface area (Å²) in [5, 5.41) is 11.6. The summed E-state index contributed by atoms with van der Waals surface area (Å²) in [6.45, 7) is 1.19. The molecule has 2 heterocycles. The fourth-order valence-electron chi connectivity index (χ4n) is 2.87. The number of aryl methyl sites for hydroxylation is 1. The number of carbonyl (C=O) groups is 2. The lowest BCUT2D eigenvalue weighted by atomic mass is 10.2. The van der Waals surface area contributed by atoms with Crippen LogP contribution in [0.3, 0.4) is 0 Å². The third-order valence-electron chi connectivity index (χ3n) is 4.33. The molecule has 8 heteroatoms. The van der Waals surface area contributed by atoms with E-state index in [1.165, 1.54) is 6.07 Å². The van der Waals surface area contributed by atoms with Crippen LogP contribution in [0, 0.1) is 12.7 Å². The number of aliphatic hydroxyl groups is 1.